The van der Waals surface area contributed by atoms with Crippen molar-refractivity contribution in [2.24, 2.45) is 0 Å². The average Bonchev–Trinajstić information content (AvgIpc) is 3.94. The maximum atomic E-state index is 6.73. The fraction of sp³-hybridized carbons (Fsp3) is 0.140. The van der Waals surface area contributed by atoms with Crippen molar-refractivity contribution in [3.05, 3.63) is 199 Å². The second-order valence-corrected chi connectivity index (χ2v) is 18.6. The molecule has 9 aromatic rings. The first-order valence-electron chi connectivity index (χ1n) is 22.0. The standard InChI is InChI=1S/C57H47N5O2/c1-56(2,3)39-26-27-58-54(31-39)61-48-25-22-38(37-14-7-6-8-15-37)30-45(48)44-24-23-43(35-51(44)61)63-42-17-13-16-40(32-42)59-28-29-60(36-59)41-33-47-55-53(34-41)64-52-21-12-11-20-50(52)62(55)49-19-10-9-18-46(49)57(47,4)5/h6-35H,36H2,1-5H3. The van der Waals surface area contributed by atoms with Crippen molar-refractivity contribution in [3.8, 4) is 39.9 Å². The largest absolute Gasteiger partial charge is 0.457 e. The van der Waals surface area contributed by atoms with E-state index in [0.717, 1.165) is 68.0 Å². The number of nitrogens with zero attached hydrogens (tertiary/aromatic N) is 5. The van der Waals surface area contributed by atoms with Crippen LogP contribution in [0.1, 0.15) is 51.3 Å². The van der Waals surface area contributed by atoms with Crippen LogP contribution < -0.4 is 24.2 Å². The average molecular weight is 834 g/mol. The summed E-state index contributed by atoms with van der Waals surface area (Å²) in [6.45, 7) is 12.0. The molecule has 0 fully saturated rings. The van der Waals surface area contributed by atoms with Crippen molar-refractivity contribution in [3.63, 3.8) is 0 Å². The highest BCUT2D eigenvalue weighted by Gasteiger charge is 2.42. The minimum Gasteiger partial charge on any atom is -0.457 e. The number of fused-ring (bicyclic) bond motifs is 7. The van der Waals surface area contributed by atoms with E-state index in [4.69, 9.17) is 14.5 Å². The zero-order chi connectivity index (χ0) is 43.3. The number of para-hydroxylation sites is 3. The van der Waals surface area contributed by atoms with Crippen LogP contribution in [-0.2, 0) is 10.8 Å². The third-order valence-electron chi connectivity index (χ3n) is 13.2. The maximum absolute atomic E-state index is 6.73. The molecule has 0 unspecified atom stereocenters. The zero-order valence-corrected chi connectivity index (χ0v) is 36.6. The van der Waals surface area contributed by atoms with Crippen molar-refractivity contribution in [2.45, 2.75) is 45.4 Å². The van der Waals surface area contributed by atoms with Gasteiger partial charge in [0.25, 0.3) is 0 Å². The summed E-state index contributed by atoms with van der Waals surface area (Å²) in [5.41, 5.74) is 13.5. The van der Waals surface area contributed by atoms with E-state index in [1.165, 1.54) is 38.9 Å². The summed E-state index contributed by atoms with van der Waals surface area (Å²) in [6.07, 6.45) is 6.22. The Balaban J connectivity index is 0.866. The van der Waals surface area contributed by atoms with Gasteiger partial charge in [-0.1, -0.05) is 107 Å². The quantitative estimate of drug-likeness (QED) is 0.166. The molecule has 7 heteroatoms. The monoisotopic (exact) mass is 833 g/mol. The van der Waals surface area contributed by atoms with Crippen LogP contribution >= 0.6 is 0 Å². The topological polar surface area (TPSA) is 46.0 Å². The summed E-state index contributed by atoms with van der Waals surface area (Å²) < 4.78 is 15.7. The fourth-order valence-corrected chi connectivity index (χ4v) is 9.85. The van der Waals surface area contributed by atoms with E-state index in [1.54, 1.807) is 0 Å². The lowest BCUT2D eigenvalue weighted by Gasteiger charge is -2.45. The van der Waals surface area contributed by atoms with Gasteiger partial charge in [0.2, 0.25) is 0 Å². The lowest BCUT2D eigenvalue weighted by atomic mass is 9.73. The van der Waals surface area contributed by atoms with Gasteiger partial charge < -0.3 is 24.2 Å². The molecule has 0 atom stereocenters. The van der Waals surface area contributed by atoms with Gasteiger partial charge in [0.15, 0.2) is 11.5 Å². The highest BCUT2D eigenvalue weighted by atomic mass is 16.5. The lowest BCUT2D eigenvalue weighted by Crippen LogP contribution is -2.33. The van der Waals surface area contributed by atoms with Crippen LogP contribution in [-0.4, -0.2) is 16.2 Å². The Hall–Kier alpha value is -7.77. The number of benzene rings is 7. The number of anilines is 5. The first-order chi connectivity index (χ1) is 31.1. The SMILES string of the molecule is CC(C)(C)c1ccnc(-n2c3ccc(-c4ccccc4)cc3c3ccc(Oc4cccc(N5C=CN(c6cc7c8c(c6)C(C)(C)c6ccccc6N8c6ccccc6O7)C5)c4)cc32)c1. The highest BCUT2D eigenvalue weighted by Crippen LogP contribution is 2.60. The molecular weight excluding hydrogens is 787 g/mol. The van der Waals surface area contributed by atoms with E-state index < -0.39 is 0 Å². The second-order valence-electron chi connectivity index (χ2n) is 18.6. The highest BCUT2D eigenvalue weighted by molar-refractivity contribution is 6.10. The Morgan fingerprint density at radius 2 is 1.34 bits per heavy atom. The molecule has 7 aromatic carbocycles. The van der Waals surface area contributed by atoms with E-state index in [0.29, 0.717) is 6.67 Å². The Morgan fingerprint density at radius 1 is 0.578 bits per heavy atom. The normalized spacial score (nSPS) is 14.7. The molecule has 3 aliphatic heterocycles. The molecule has 5 heterocycles. The minimum absolute atomic E-state index is 0.0264. The van der Waals surface area contributed by atoms with Gasteiger partial charge in [-0.3, -0.25) is 4.57 Å². The van der Waals surface area contributed by atoms with E-state index in [9.17, 15) is 0 Å². The van der Waals surface area contributed by atoms with Crippen LogP contribution in [0, 0.1) is 0 Å². The summed E-state index contributed by atoms with van der Waals surface area (Å²) >= 11 is 0. The van der Waals surface area contributed by atoms with Crippen molar-refractivity contribution >= 4 is 50.2 Å². The zero-order valence-electron chi connectivity index (χ0n) is 36.6. The number of aromatic nitrogens is 2. The van der Waals surface area contributed by atoms with E-state index >= 15 is 0 Å². The van der Waals surface area contributed by atoms with Gasteiger partial charge >= 0.3 is 0 Å². The number of rotatable bonds is 6. The molecule has 7 nitrogen and oxygen atoms in total. The summed E-state index contributed by atoms with van der Waals surface area (Å²) in [7, 11) is 0. The van der Waals surface area contributed by atoms with Gasteiger partial charge in [-0.2, -0.15) is 0 Å². The molecule has 0 amide bonds. The molecule has 0 bridgehead atoms. The van der Waals surface area contributed by atoms with Gasteiger partial charge in [0, 0.05) is 64.4 Å². The number of pyridine rings is 1. The predicted octanol–water partition coefficient (Wildman–Crippen LogP) is 14.9. The van der Waals surface area contributed by atoms with Crippen LogP contribution in [0.3, 0.4) is 0 Å². The third-order valence-corrected chi connectivity index (χ3v) is 13.2. The van der Waals surface area contributed by atoms with Crippen molar-refractivity contribution in [1.82, 2.24) is 9.55 Å². The Kier molecular flexibility index (Phi) is 8.38. The molecule has 0 saturated heterocycles. The van der Waals surface area contributed by atoms with Gasteiger partial charge in [0.1, 0.15) is 17.3 Å². The van der Waals surface area contributed by atoms with Crippen LogP contribution in [0.2, 0.25) is 0 Å². The molecule has 312 valence electrons. The molecule has 0 saturated carbocycles. The minimum atomic E-state index is -0.243. The fourth-order valence-electron chi connectivity index (χ4n) is 9.85. The molecule has 0 N–H and O–H groups in total. The van der Waals surface area contributed by atoms with Crippen molar-refractivity contribution in [2.75, 3.05) is 21.4 Å². The third kappa shape index (κ3) is 6.06. The first kappa shape index (κ1) is 37.9. The number of hydrogen-bond donors (Lipinski definition) is 0. The molecular formula is C57H47N5O2. The van der Waals surface area contributed by atoms with Gasteiger partial charge in [-0.15, -0.1) is 0 Å². The molecule has 2 aromatic heterocycles. The smallest absolute Gasteiger partial charge is 0.153 e. The van der Waals surface area contributed by atoms with Crippen LogP contribution in [0.4, 0.5) is 28.4 Å². The molecule has 0 aliphatic carbocycles. The van der Waals surface area contributed by atoms with Crippen molar-refractivity contribution in [1.29, 1.82) is 0 Å². The van der Waals surface area contributed by atoms with E-state index in [2.05, 4.69) is 218 Å². The second kappa shape index (κ2) is 14.1. The summed E-state index contributed by atoms with van der Waals surface area (Å²) in [6, 6.07) is 58.0. The molecule has 3 aliphatic rings. The lowest BCUT2D eigenvalue weighted by molar-refractivity contribution is 0.471. The summed E-state index contributed by atoms with van der Waals surface area (Å²) in [5.74, 6) is 4.12. The maximum Gasteiger partial charge on any atom is 0.153 e. The predicted molar refractivity (Wildman–Crippen MR) is 262 cm³/mol. The first-order valence-corrected chi connectivity index (χ1v) is 22.0. The summed E-state index contributed by atoms with van der Waals surface area (Å²) in [5, 5.41) is 2.31. The number of hydrogen-bond acceptors (Lipinski definition) is 6. The van der Waals surface area contributed by atoms with Crippen LogP contribution in [0.5, 0.6) is 23.0 Å². The van der Waals surface area contributed by atoms with Gasteiger partial charge in [-0.25, -0.2) is 4.98 Å². The molecule has 64 heavy (non-hydrogen) atoms. The number of ether oxygens (including phenoxy) is 2. The Bertz CT molecular complexity index is 3360. The Labute approximate surface area is 373 Å². The van der Waals surface area contributed by atoms with Crippen molar-refractivity contribution < 1.29 is 9.47 Å². The van der Waals surface area contributed by atoms with Crippen LogP contribution in [0.15, 0.2) is 182 Å². The molecule has 12 rings (SSSR count). The molecule has 0 radical (unpaired) electrons. The van der Waals surface area contributed by atoms with Gasteiger partial charge in [0.05, 0.1) is 34.8 Å². The van der Waals surface area contributed by atoms with E-state index in [-0.39, 0.29) is 10.8 Å². The Morgan fingerprint density at radius 3 is 2.19 bits per heavy atom. The van der Waals surface area contributed by atoms with Crippen LogP contribution in [0.25, 0.3) is 38.8 Å². The van der Waals surface area contributed by atoms with E-state index in [1.807, 2.05) is 18.3 Å². The van der Waals surface area contributed by atoms with Gasteiger partial charge in [-0.05, 0) is 106 Å². The summed E-state index contributed by atoms with van der Waals surface area (Å²) in [4.78, 5) is 11.8. The molecule has 0 spiro atoms.